The Morgan fingerprint density at radius 3 is 1.92 bits per heavy atom. The van der Waals surface area contributed by atoms with Crippen LogP contribution in [0.15, 0.2) is 104 Å². The van der Waals surface area contributed by atoms with E-state index in [2.05, 4.69) is 92.6 Å². The third kappa shape index (κ3) is 3.95. The van der Waals surface area contributed by atoms with Gasteiger partial charge in [-0.05, 0) is 16.7 Å². The second-order valence-corrected chi connectivity index (χ2v) is 9.19. The zero-order valence-corrected chi connectivity index (χ0v) is 20.3. The van der Waals surface area contributed by atoms with Gasteiger partial charge in [0.1, 0.15) is 18.1 Å². The largest absolute Gasteiger partial charge is 0.394 e. The number of ether oxygens (including phenoxy) is 1. The van der Waals surface area contributed by atoms with Crippen LogP contribution in [0, 0.1) is 0 Å². The number of anilines is 1. The predicted octanol–water partition coefficient (Wildman–Crippen LogP) is 3.59. The lowest BCUT2D eigenvalue weighted by Gasteiger charge is -2.50. The maximum Gasteiger partial charge on any atom is 0.167 e. The Hall–Kier alpha value is -4.11. The molecule has 0 amide bonds. The van der Waals surface area contributed by atoms with Gasteiger partial charge >= 0.3 is 0 Å². The summed E-state index contributed by atoms with van der Waals surface area (Å²) in [6, 6.07) is 31.5. The fourth-order valence-corrected chi connectivity index (χ4v) is 5.51. The normalized spacial score (nSPS) is 18.7. The molecule has 186 valence electrons. The molecule has 0 radical (unpaired) electrons. The Morgan fingerprint density at radius 1 is 0.811 bits per heavy atom. The van der Waals surface area contributed by atoms with Crippen LogP contribution in [0.5, 0.6) is 0 Å². The fraction of sp³-hybridized carbons (Fsp3) is 0.207. The lowest BCUT2D eigenvalue weighted by molar-refractivity contribution is -0.148. The van der Waals surface area contributed by atoms with E-state index in [0.29, 0.717) is 30.1 Å². The minimum absolute atomic E-state index is 0.120. The highest BCUT2D eigenvalue weighted by atomic mass is 16.5. The van der Waals surface area contributed by atoms with E-state index >= 15 is 0 Å². The van der Waals surface area contributed by atoms with E-state index < -0.39 is 17.9 Å². The third-order valence-electron chi connectivity index (χ3n) is 7.10. The van der Waals surface area contributed by atoms with E-state index in [-0.39, 0.29) is 6.61 Å². The number of hydrogen-bond acceptors (Lipinski definition) is 7. The van der Waals surface area contributed by atoms with Crippen molar-refractivity contribution in [1.29, 1.82) is 0 Å². The zero-order valence-electron chi connectivity index (χ0n) is 20.3. The zero-order chi connectivity index (χ0) is 25.2. The van der Waals surface area contributed by atoms with Crippen molar-refractivity contribution in [1.82, 2.24) is 24.4 Å². The van der Waals surface area contributed by atoms with Crippen LogP contribution in [-0.4, -0.2) is 55.3 Å². The molecule has 1 aliphatic heterocycles. The van der Waals surface area contributed by atoms with E-state index in [9.17, 15) is 5.11 Å². The van der Waals surface area contributed by atoms with E-state index in [1.807, 2.05) is 22.8 Å². The van der Waals surface area contributed by atoms with Crippen molar-refractivity contribution in [2.45, 2.75) is 17.9 Å². The number of aliphatic hydroxyl groups excluding tert-OH is 1. The summed E-state index contributed by atoms with van der Waals surface area (Å²) in [4.78, 5) is 15.4. The number of nitrogen functional groups attached to an aromatic ring is 1. The van der Waals surface area contributed by atoms with Crippen molar-refractivity contribution in [2.75, 3.05) is 25.4 Å². The van der Waals surface area contributed by atoms with Crippen molar-refractivity contribution < 1.29 is 9.84 Å². The highest BCUT2D eigenvalue weighted by Crippen LogP contribution is 2.44. The van der Waals surface area contributed by atoms with Crippen LogP contribution < -0.4 is 5.73 Å². The summed E-state index contributed by atoms with van der Waals surface area (Å²) in [5.41, 5.74) is 9.95. The van der Waals surface area contributed by atoms with Gasteiger partial charge in [-0.1, -0.05) is 91.0 Å². The number of morpholine rings is 1. The second kappa shape index (κ2) is 9.74. The number of nitrogens with zero attached hydrogens (tertiary/aromatic N) is 5. The number of aromatic nitrogens is 4. The number of nitrogens with two attached hydrogens (primary N) is 1. The van der Waals surface area contributed by atoms with Gasteiger partial charge in [-0.3, -0.25) is 9.47 Å². The molecule has 0 aliphatic carbocycles. The molecule has 0 bridgehead atoms. The molecule has 1 fully saturated rings. The lowest BCUT2D eigenvalue weighted by Crippen LogP contribution is -2.57. The van der Waals surface area contributed by atoms with Crippen LogP contribution in [0.1, 0.15) is 22.9 Å². The number of fused-ring (bicyclic) bond motifs is 1. The SMILES string of the molecule is Nc1ncnc2c1ncn2[C@H]1CN(C(c2ccccc2)(c2ccccc2)c2ccccc2)CC(CO)O1. The first kappa shape index (κ1) is 23.3. The number of hydrogen-bond donors (Lipinski definition) is 2. The summed E-state index contributed by atoms with van der Waals surface area (Å²) in [5, 5.41) is 10.3. The molecule has 3 heterocycles. The molecule has 1 saturated heterocycles. The van der Waals surface area contributed by atoms with Gasteiger partial charge in [0.05, 0.1) is 24.6 Å². The minimum atomic E-state index is -0.635. The van der Waals surface area contributed by atoms with Crippen molar-refractivity contribution in [3.8, 4) is 0 Å². The summed E-state index contributed by atoms with van der Waals surface area (Å²) < 4.78 is 8.27. The summed E-state index contributed by atoms with van der Waals surface area (Å²) in [7, 11) is 0. The van der Waals surface area contributed by atoms with Gasteiger partial charge in [-0.15, -0.1) is 0 Å². The first-order valence-electron chi connectivity index (χ1n) is 12.3. The van der Waals surface area contributed by atoms with E-state index in [1.165, 1.54) is 6.33 Å². The molecule has 8 nitrogen and oxygen atoms in total. The van der Waals surface area contributed by atoms with Gasteiger partial charge in [0.25, 0.3) is 0 Å². The third-order valence-corrected chi connectivity index (χ3v) is 7.10. The molecule has 0 spiro atoms. The molecule has 2 atom stereocenters. The number of imidazole rings is 1. The van der Waals surface area contributed by atoms with Gasteiger partial charge in [0.15, 0.2) is 11.5 Å². The maximum absolute atomic E-state index is 10.3. The molecule has 5 aromatic rings. The van der Waals surface area contributed by atoms with E-state index in [4.69, 9.17) is 10.5 Å². The standard InChI is InChI=1S/C29H28N6O2/c30-27-26-28(32-19-31-27)35(20-33-26)25-17-34(16-24(18-36)37-25)29(21-10-4-1-5-11-21,22-12-6-2-7-13-22)23-14-8-3-9-15-23/h1-15,19-20,24-25,36H,16-18H2,(H2,30,31,32)/t24?,25-/m1/s1. The topological polar surface area (TPSA) is 102 Å². The first-order chi connectivity index (χ1) is 18.2. The van der Waals surface area contributed by atoms with E-state index in [1.54, 1.807) is 6.33 Å². The summed E-state index contributed by atoms with van der Waals surface area (Å²) in [6.07, 6.45) is 2.24. The molecule has 8 heteroatoms. The molecule has 3 aromatic carbocycles. The number of aliphatic hydroxyl groups is 1. The van der Waals surface area contributed by atoms with Crippen molar-refractivity contribution in [3.05, 3.63) is 120 Å². The molecular weight excluding hydrogens is 464 g/mol. The molecular formula is C29H28N6O2. The Bertz CT molecular complexity index is 1380. The number of rotatable bonds is 6. The molecule has 6 rings (SSSR count). The van der Waals surface area contributed by atoms with Crippen LogP contribution in [0.3, 0.4) is 0 Å². The molecule has 1 aliphatic rings. The Kier molecular flexibility index (Phi) is 6.13. The van der Waals surface area contributed by atoms with Gasteiger partial charge in [-0.2, -0.15) is 0 Å². The average molecular weight is 493 g/mol. The monoisotopic (exact) mass is 492 g/mol. The molecule has 2 aromatic heterocycles. The van der Waals surface area contributed by atoms with Crippen LogP contribution in [-0.2, 0) is 10.3 Å². The lowest BCUT2D eigenvalue weighted by atomic mass is 9.75. The van der Waals surface area contributed by atoms with Crippen LogP contribution in [0.4, 0.5) is 5.82 Å². The van der Waals surface area contributed by atoms with Crippen LogP contribution >= 0.6 is 0 Å². The van der Waals surface area contributed by atoms with Gasteiger partial charge in [0.2, 0.25) is 0 Å². The highest BCUT2D eigenvalue weighted by molar-refractivity contribution is 5.81. The Labute approximate surface area is 215 Å². The minimum Gasteiger partial charge on any atom is -0.394 e. The summed E-state index contributed by atoms with van der Waals surface area (Å²) in [5.74, 6) is 0.322. The smallest absolute Gasteiger partial charge is 0.167 e. The summed E-state index contributed by atoms with van der Waals surface area (Å²) >= 11 is 0. The molecule has 0 saturated carbocycles. The fourth-order valence-electron chi connectivity index (χ4n) is 5.51. The average Bonchev–Trinajstić information content (AvgIpc) is 3.41. The van der Waals surface area contributed by atoms with Crippen molar-refractivity contribution in [3.63, 3.8) is 0 Å². The summed E-state index contributed by atoms with van der Waals surface area (Å²) in [6.45, 7) is 0.922. The van der Waals surface area contributed by atoms with Gasteiger partial charge in [-0.25, -0.2) is 15.0 Å². The van der Waals surface area contributed by atoms with Gasteiger partial charge in [0, 0.05) is 13.1 Å². The second-order valence-electron chi connectivity index (χ2n) is 9.19. The molecule has 3 N–H and O–H groups in total. The first-order valence-corrected chi connectivity index (χ1v) is 12.3. The maximum atomic E-state index is 10.3. The Balaban J connectivity index is 1.56. The van der Waals surface area contributed by atoms with Crippen molar-refractivity contribution in [2.24, 2.45) is 0 Å². The number of benzene rings is 3. The van der Waals surface area contributed by atoms with Crippen LogP contribution in [0.2, 0.25) is 0 Å². The molecule has 1 unspecified atom stereocenters. The highest BCUT2D eigenvalue weighted by Gasteiger charge is 2.46. The van der Waals surface area contributed by atoms with E-state index in [0.717, 1.165) is 16.7 Å². The Morgan fingerprint density at radius 2 is 1.38 bits per heavy atom. The van der Waals surface area contributed by atoms with Crippen molar-refractivity contribution >= 4 is 17.0 Å². The predicted molar refractivity (Wildman–Crippen MR) is 142 cm³/mol. The molecule has 37 heavy (non-hydrogen) atoms. The van der Waals surface area contributed by atoms with Gasteiger partial charge < -0.3 is 15.6 Å². The quantitative estimate of drug-likeness (QED) is 0.349. The van der Waals surface area contributed by atoms with Crippen LogP contribution in [0.25, 0.3) is 11.2 Å².